The van der Waals surface area contributed by atoms with Gasteiger partial charge in [0.15, 0.2) is 5.78 Å². The number of fused-ring (bicyclic) bond motifs is 2. The molecule has 1 aromatic carbocycles. The van der Waals surface area contributed by atoms with E-state index in [1.807, 2.05) is 0 Å². The Balaban J connectivity index is 0.000000409. The van der Waals surface area contributed by atoms with Crippen molar-refractivity contribution < 1.29 is 21.9 Å². The molecule has 0 amide bonds. The van der Waals surface area contributed by atoms with Gasteiger partial charge < -0.3 is 4.55 Å². The molecule has 2 saturated carbocycles. The third kappa shape index (κ3) is 4.22. The van der Waals surface area contributed by atoms with Crippen molar-refractivity contribution in [3.63, 3.8) is 0 Å². The molecule has 6 nitrogen and oxygen atoms in total. The Morgan fingerprint density at radius 1 is 1.14 bits per heavy atom. The van der Waals surface area contributed by atoms with Crippen LogP contribution in [-0.2, 0) is 19.4 Å². The van der Waals surface area contributed by atoms with Gasteiger partial charge in [0.05, 0.1) is 28.3 Å². The van der Waals surface area contributed by atoms with E-state index in [1.54, 1.807) is 0 Å². The van der Waals surface area contributed by atoms with E-state index in [4.69, 9.17) is 0 Å². The number of quaternary nitrogens is 1. The summed E-state index contributed by atoms with van der Waals surface area (Å²) in [7, 11) is 2.88. The Morgan fingerprint density at radius 2 is 1.64 bits per heavy atom. The molecule has 156 valence electrons. The number of ketones is 1. The predicted molar refractivity (Wildman–Crippen MR) is 110 cm³/mol. The van der Waals surface area contributed by atoms with Crippen molar-refractivity contribution in [3.8, 4) is 0 Å². The predicted octanol–water partition coefficient (Wildman–Crippen LogP) is 3.38. The quantitative estimate of drug-likeness (QED) is 0.331. The highest BCUT2D eigenvalue weighted by Gasteiger charge is 2.63. The molecular weight excluding hydrogens is 378 g/mol. The highest BCUT2D eigenvalue weighted by Crippen LogP contribution is 2.65. The maximum absolute atomic E-state index is 12.9. The fourth-order valence-electron chi connectivity index (χ4n) is 4.29. The van der Waals surface area contributed by atoms with Crippen LogP contribution in [0.4, 0.5) is 5.69 Å². The molecule has 0 radical (unpaired) electrons. The average molecular weight is 410 g/mol. The normalized spacial score (nSPS) is 27.6. The topological polar surface area (TPSA) is 83.5 Å². The first-order chi connectivity index (χ1) is 12.6. The maximum atomic E-state index is 12.9. The van der Waals surface area contributed by atoms with Gasteiger partial charge in [-0.25, -0.2) is 8.42 Å². The van der Waals surface area contributed by atoms with Crippen LogP contribution >= 0.6 is 0 Å². The van der Waals surface area contributed by atoms with Gasteiger partial charge in [0.1, 0.15) is 5.69 Å². The second-order valence-corrected chi connectivity index (χ2v) is 10.4. The Bertz CT molecular complexity index is 878. The van der Waals surface area contributed by atoms with Crippen molar-refractivity contribution in [2.45, 2.75) is 33.6 Å². The molecule has 1 aromatic rings. The van der Waals surface area contributed by atoms with E-state index in [0.717, 1.165) is 35.6 Å². The van der Waals surface area contributed by atoms with Crippen molar-refractivity contribution in [3.05, 3.63) is 35.4 Å². The monoisotopic (exact) mass is 409 g/mol. The number of nitrogens with zero attached hydrogens (tertiary/aromatic N) is 1. The molecule has 0 saturated heterocycles. The van der Waals surface area contributed by atoms with E-state index in [9.17, 15) is 17.8 Å². The van der Waals surface area contributed by atoms with E-state index >= 15 is 0 Å². The maximum Gasteiger partial charge on any atom is 0.217 e. The minimum atomic E-state index is -4.41. The Kier molecular flexibility index (Phi) is 5.99. The molecule has 7 heteroatoms. The summed E-state index contributed by atoms with van der Waals surface area (Å²) < 4.78 is 31.8. The van der Waals surface area contributed by atoms with Crippen molar-refractivity contribution in [1.29, 1.82) is 0 Å². The highest BCUT2D eigenvalue weighted by molar-refractivity contribution is 7.80. The molecule has 3 rings (SSSR count). The van der Waals surface area contributed by atoms with E-state index in [0.29, 0.717) is 11.7 Å². The van der Waals surface area contributed by atoms with Gasteiger partial charge in [-0.3, -0.25) is 13.5 Å². The van der Waals surface area contributed by atoms with Crippen molar-refractivity contribution in [2.24, 2.45) is 16.7 Å². The van der Waals surface area contributed by atoms with Gasteiger partial charge in [-0.1, -0.05) is 20.8 Å². The first-order valence-corrected chi connectivity index (χ1v) is 10.7. The molecule has 28 heavy (non-hydrogen) atoms. The fraction of sp³-hybridized carbons (Fsp3) is 0.571. The zero-order valence-electron chi connectivity index (χ0n) is 17.8. The molecule has 0 heterocycles. The van der Waals surface area contributed by atoms with Gasteiger partial charge >= 0.3 is 0 Å². The van der Waals surface area contributed by atoms with Crippen molar-refractivity contribution in [2.75, 3.05) is 28.3 Å². The molecule has 2 aliphatic rings. The molecule has 2 aliphatic carbocycles. The van der Waals surface area contributed by atoms with E-state index in [1.165, 1.54) is 5.69 Å². The highest BCUT2D eigenvalue weighted by atomic mass is 32.3. The van der Waals surface area contributed by atoms with E-state index in [2.05, 4.69) is 76.4 Å². The number of hydrogen-bond acceptors (Lipinski definition) is 5. The Morgan fingerprint density at radius 3 is 2.00 bits per heavy atom. The summed E-state index contributed by atoms with van der Waals surface area (Å²) in [6.07, 6.45) is 4.33. The van der Waals surface area contributed by atoms with E-state index < -0.39 is 10.4 Å². The van der Waals surface area contributed by atoms with Crippen LogP contribution in [0.2, 0.25) is 0 Å². The zero-order valence-corrected chi connectivity index (χ0v) is 18.6. The molecule has 0 aromatic heterocycles. The summed E-state index contributed by atoms with van der Waals surface area (Å²) in [5, 5.41) is 0. The first-order valence-electron chi connectivity index (χ1n) is 9.33. The van der Waals surface area contributed by atoms with Crippen LogP contribution < -0.4 is 4.48 Å². The van der Waals surface area contributed by atoms with Crippen LogP contribution in [-0.4, -0.2) is 47.0 Å². The lowest BCUT2D eigenvalue weighted by Crippen LogP contribution is -2.34. The minimum Gasteiger partial charge on any atom is -0.726 e. The van der Waals surface area contributed by atoms with Crippen molar-refractivity contribution >= 4 is 27.9 Å². The van der Waals surface area contributed by atoms with Crippen LogP contribution in [0.5, 0.6) is 0 Å². The summed E-state index contributed by atoms with van der Waals surface area (Å²) in [4.78, 5) is 12.9. The lowest BCUT2D eigenvalue weighted by molar-refractivity contribution is -0.125. The number of hydrogen-bond donors (Lipinski definition) is 0. The van der Waals surface area contributed by atoms with Crippen LogP contribution in [0, 0.1) is 16.7 Å². The molecule has 0 unspecified atom stereocenters. The third-order valence-electron chi connectivity index (χ3n) is 6.56. The van der Waals surface area contributed by atoms with Crippen LogP contribution in [0.1, 0.15) is 39.2 Å². The summed E-state index contributed by atoms with van der Waals surface area (Å²) in [5.41, 5.74) is 3.40. The molecule has 0 aliphatic heterocycles. The number of carbonyl (C=O) groups is 1. The smallest absolute Gasteiger partial charge is 0.217 e. The molecule has 0 spiro atoms. The standard InChI is InChI=1S/C20H28NO.CH4O4S/c1-19(2)17-11-12-20(19,3)18(22)16(17)13-14-7-9-15(10-8-14)21(4,5)6;1-5-6(2,3)4/h7-10,13,17H,11-12H2,1-6H3;1H3,(H,2,3,4)/q+1;/p-1/b16-13+;/t17-,20+;/m1./s1. The van der Waals surface area contributed by atoms with Gasteiger partial charge in [0.25, 0.3) is 0 Å². The van der Waals surface area contributed by atoms with Crippen LogP contribution in [0.3, 0.4) is 0 Å². The molecular formula is C21H31NO5S. The van der Waals surface area contributed by atoms with Gasteiger partial charge in [0, 0.05) is 5.41 Å². The first kappa shape index (κ1) is 22.7. The zero-order chi connectivity index (χ0) is 21.5. The largest absolute Gasteiger partial charge is 0.726 e. The number of carbonyl (C=O) groups excluding carboxylic acids is 1. The molecule has 0 N–H and O–H groups in total. The fourth-order valence-corrected chi connectivity index (χ4v) is 4.29. The SMILES string of the molecule is CC1(C)[C@@H]2CC[C@@]1(C)C(=O)/C2=C/c1ccc([N+](C)(C)C)cc1.COS(=O)(=O)[O-]. The number of allylic oxidation sites excluding steroid dienone is 1. The summed E-state index contributed by atoms with van der Waals surface area (Å²) in [6.45, 7) is 6.70. The van der Waals surface area contributed by atoms with Gasteiger partial charge in [-0.15, -0.1) is 0 Å². The van der Waals surface area contributed by atoms with Crippen molar-refractivity contribution in [1.82, 2.24) is 4.48 Å². The number of rotatable bonds is 3. The second-order valence-electron chi connectivity index (χ2n) is 9.25. The van der Waals surface area contributed by atoms with E-state index in [-0.39, 0.29) is 10.8 Å². The summed E-state index contributed by atoms with van der Waals surface area (Å²) in [5.74, 6) is 0.799. The number of benzene rings is 1. The number of Topliss-reactive ketones (excluding diaryl/α,β-unsaturated/α-hetero) is 1. The van der Waals surface area contributed by atoms with Gasteiger partial charge in [0.2, 0.25) is 10.4 Å². The lowest BCUT2D eigenvalue weighted by atomic mass is 9.70. The lowest BCUT2D eigenvalue weighted by Gasteiger charge is -2.31. The summed E-state index contributed by atoms with van der Waals surface area (Å²) in [6, 6.07) is 8.61. The Hall–Kier alpha value is -1.54. The third-order valence-corrected chi connectivity index (χ3v) is 6.97. The molecule has 2 fully saturated rings. The molecule has 2 atom stereocenters. The van der Waals surface area contributed by atoms with Crippen LogP contribution in [0.15, 0.2) is 29.8 Å². The average Bonchev–Trinajstić information content (AvgIpc) is 2.88. The van der Waals surface area contributed by atoms with Crippen LogP contribution in [0.25, 0.3) is 6.08 Å². The minimum absolute atomic E-state index is 0.0954. The van der Waals surface area contributed by atoms with Gasteiger partial charge in [-0.05, 0) is 65.7 Å². The Labute approximate surface area is 168 Å². The summed E-state index contributed by atoms with van der Waals surface area (Å²) >= 11 is 0. The second kappa shape index (κ2) is 7.37. The van der Waals surface area contributed by atoms with Gasteiger partial charge in [-0.2, -0.15) is 0 Å². The molecule has 2 bridgehead atoms.